The third-order valence-corrected chi connectivity index (χ3v) is 5.20. The number of hydrogen-bond acceptors (Lipinski definition) is 4. The number of unbranched alkanes of at least 4 members (excludes halogenated alkanes) is 2. The zero-order valence-electron chi connectivity index (χ0n) is 15.0. The molecule has 0 radical (unpaired) electrons. The standard InChI is InChI=1S/C19H30N4O2/c24-19(25)21-6-2-1-3-7-22-8-10-23(11-9-22)15-16-4-5-17-13-20-14-18(17)12-16/h4-5,12,20-21H,1-3,6-11,13-15H2,(H,24,25). The van der Waals surface area contributed by atoms with Crippen molar-refractivity contribution in [3.63, 3.8) is 0 Å². The number of amides is 1. The minimum Gasteiger partial charge on any atom is -0.465 e. The molecule has 3 N–H and O–H groups in total. The average Bonchev–Trinajstić information content (AvgIpc) is 3.07. The van der Waals surface area contributed by atoms with Crippen molar-refractivity contribution in [3.8, 4) is 0 Å². The van der Waals surface area contributed by atoms with E-state index in [2.05, 4.69) is 38.6 Å². The maximum absolute atomic E-state index is 10.4. The Balaban J connectivity index is 1.30. The van der Waals surface area contributed by atoms with Gasteiger partial charge in [0.05, 0.1) is 0 Å². The molecule has 2 heterocycles. The van der Waals surface area contributed by atoms with Crippen LogP contribution in [0.1, 0.15) is 36.0 Å². The number of rotatable bonds is 8. The summed E-state index contributed by atoms with van der Waals surface area (Å²) in [5.74, 6) is 0. The van der Waals surface area contributed by atoms with Gasteiger partial charge in [-0.2, -0.15) is 0 Å². The Labute approximate surface area is 150 Å². The van der Waals surface area contributed by atoms with Gasteiger partial charge in [0.1, 0.15) is 0 Å². The van der Waals surface area contributed by atoms with Gasteiger partial charge in [-0.3, -0.25) is 4.90 Å². The second-order valence-electron chi connectivity index (χ2n) is 7.12. The fraction of sp³-hybridized carbons (Fsp3) is 0.632. The number of benzene rings is 1. The molecule has 2 aliphatic heterocycles. The Hall–Kier alpha value is -1.63. The summed E-state index contributed by atoms with van der Waals surface area (Å²) in [5.41, 5.74) is 4.35. The van der Waals surface area contributed by atoms with Gasteiger partial charge in [-0.05, 0) is 36.1 Å². The number of piperazine rings is 1. The molecule has 0 saturated carbocycles. The zero-order chi connectivity index (χ0) is 17.5. The van der Waals surface area contributed by atoms with Gasteiger partial charge in [-0.1, -0.05) is 24.6 Å². The Morgan fingerprint density at radius 3 is 2.60 bits per heavy atom. The van der Waals surface area contributed by atoms with E-state index < -0.39 is 6.09 Å². The Morgan fingerprint density at radius 1 is 1.04 bits per heavy atom. The molecular weight excluding hydrogens is 316 g/mol. The van der Waals surface area contributed by atoms with Gasteiger partial charge in [-0.15, -0.1) is 0 Å². The van der Waals surface area contributed by atoms with Crippen LogP contribution in [0.3, 0.4) is 0 Å². The van der Waals surface area contributed by atoms with Gasteiger partial charge >= 0.3 is 6.09 Å². The second kappa shape index (κ2) is 9.17. The molecule has 6 nitrogen and oxygen atoms in total. The van der Waals surface area contributed by atoms with Crippen LogP contribution in [0.2, 0.25) is 0 Å². The smallest absolute Gasteiger partial charge is 0.404 e. The Kier molecular flexibility index (Phi) is 6.67. The van der Waals surface area contributed by atoms with E-state index >= 15 is 0 Å². The molecule has 138 valence electrons. The molecule has 0 aromatic heterocycles. The van der Waals surface area contributed by atoms with Crippen LogP contribution in [0.4, 0.5) is 4.79 Å². The van der Waals surface area contributed by atoms with Gasteiger partial charge in [0.15, 0.2) is 0 Å². The number of hydrogen-bond donors (Lipinski definition) is 3. The van der Waals surface area contributed by atoms with E-state index in [9.17, 15) is 4.79 Å². The predicted molar refractivity (Wildman–Crippen MR) is 98.6 cm³/mol. The fourth-order valence-corrected chi connectivity index (χ4v) is 3.71. The maximum Gasteiger partial charge on any atom is 0.404 e. The van der Waals surface area contributed by atoms with Crippen molar-refractivity contribution in [2.45, 2.75) is 38.9 Å². The predicted octanol–water partition coefficient (Wildman–Crippen LogP) is 1.85. The molecule has 3 rings (SSSR count). The van der Waals surface area contributed by atoms with E-state index in [0.717, 1.165) is 71.6 Å². The number of fused-ring (bicyclic) bond motifs is 1. The van der Waals surface area contributed by atoms with Crippen molar-refractivity contribution in [2.24, 2.45) is 0 Å². The average molecular weight is 346 g/mol. The zero-order valence-corrected chi connectivity index (χ0v) is 15.0. The summed E-state index contributed by atoms with van der Waals surface area (Å²) in [7, 11) is 0. The Bertz CT molecular complexity index is 571. The first-order chi connectivity index (χ1) is 12.2. The van der Waals surface area contributed by atoms with E-state index in [4.69, 9.17) is 5.11 Å². The van der Waals surface area contributed by atoms with Crippen LogP contribution in [0, 0.1) is 0 Å². The molecule has 0 atom stereocenters. The van der Waals surface area contributed by atoms with Crippen molar-refractivity contribution in [1.29, 1.82) is 0 Å². The van der Waals surface area contributed by atoms with Crippen molar-refractivity contribution in [3.05, 3.63) is 34.9 Å². The lowest BCUT2D eigenvalue weighted by atomic mass is 10.1. The van der Waals surface area contributed by atoms with E-state index in [0.29, 0.717) is 6.54 Å². The highest BCUT2D eigenvalue weighted by Gasteiger charge is 2.17. The lowest BCUT2D eigenvalue weighted by Crippen LogP contribution is -2.46. The Morgan fingerprint density at radius 2 is 1.80 bits per heavy atom. The molecule has 1 aromatic carbocycles. The van der Waals surface area contributed by atoms with Crippen LogP contribution in [0.25, 0.3) is 0 Å². The summed E-state index contributed by atoms with van der Waals surface area (Å²) < 4.78 is 0. The topological polar surface area (TPSA) is 67.8 Å². The largest absolute Gasteiger partial charge is 0.465 e. The van der Waals surface area contributed by atoms with Crippen LogP contribution in [-0.4, -0.2) is 60.3 Å². The van der Waals surface area contributed by atoms with E-state index in [1.807, 2.05) is 0 Å². The van der Waals surface area contributed by atoms with Crippen LogP contribution in [0.5, 0.6) is 0 Å². The number of carbonyl (C=O) groups is 1. The lowest BCUT2D eigenvalue weighted by Gasteiger charge is -2.34. The summed E-state index contributed by atoms with van der Waals surface area (Å²) in [6, 6.07) is 6.93. The summed E-state index contributed by atoms with van der Waals surface area (Å²) in [6.45, 7) is 9.33. The van der Waals surface area contributed by atoms with Crippen LogP contribution in [0.15, 0.2) is 18.2 Å². The molecule has 1 amide bonds. The molecule has 1 fully saturated rings. The third kappa shape index (κ3) is 5.70. The maximum atomic E-state index is 10.4. The second-order valence-corrected chi connectivity index (χ2v) is 7.12. The van der Waals surface area contributed by atoms with E-state index in [1.54, 1.807) is 0 Å². The van der Waals surface area contributed by atoms with Crippen molar-refractivity contribution in [1.82, 2.24) is 20.4 Å². The van der Waals surface area contributed by atoms with Gasteiger partial charge in [0.25, 0.3) is 0 Å². The van der Waals surface area contributed by atoms with Gasteiger partial charge in [0, 0.05) is 52.4 Å². The molecular formula is C19H30N4O2. The van der Waals surface area contributed by atoms with Gasteiger partial charge in [-0.25, -0.2) is 4.79 Å². The van der Waals surface area contributed by atoms with E-state index in [1.165, 1.54) is 16.7 Å². The SMILES string of the molecule is O=C(O)NCCCCCN1CCN(Cc2ccc3c(c2)CNC3)CC1. The molecule has 0 unspecified atom stereocenters. The molecule has 25 heavy (non-hydrogen) atoms. The first-order valence-corrected chi connectivity index (χ1v) is 9.43. The quantitative estimate of drug-likeness (QED) is 0.627. The highest BCUT2D eigenvalue weighted by molar-refractivity contribution is 5.64. The number of nitrogens with one attached hydrogen (secondary N) is 2. The molecule has 1 saturated heterocycles. The number of carboxylic acid groups (broad SMARTS) is 1. The lowest BCUT2D eigenvalue weighted by molar-refractivity contribution is 0.125. The summed E-state index contributed by atoms with van der Waals surface area (Å²) >= 11 is 0. The number of nitrogens with zero attached hydrogens (tertiary/aromatic N) is 2. The summed E-state index contributed by atoms with van der Waals surface area (Å²) in [6.07, 6.45) is 2.25. The van der Waals surface area contributed by atoms with Crippen molar-refractivity contribution >= 4 is 6.09 Å². The minimum atomic E-state index is -0.921. The molecule has 1 aromatic rings. The van der Waals surface area contributed by atoms with Crippen molar-refractivity contribution < 1.29 is 9.90 Å². The molecule has 6 heteroatoms. The molecule has 0 bridgehead atoms. The third-order valence-electron chi connectivity index (χ3n) is 5.20. The fourth-order valence-electron chi connectivity index (χ4n) is 3.71. The highest BCUT2D eigenvalue weighted by atomic mass is 16.4. The molecule has 0 spiro atoms. The van der Waals surface area contributed by atoms with E-state index in [-0.39, 0.29) is 0 Å². The van der Waals surface area contributed by atoms with Gasteiger partial charge in [0.2, 0.25) is 0 Å². The monoisotopic (exact) mass is 346 g/mol. The van der Waals surface area contributed by atoms with Crippen LogP contribution in [-0.2, 0) is 19.6 Å². The molecule has 2 aliphatic rings. The first kappa shape index (κ1) is 18.2. The van der Waals surface area contributed by atoms with Crippen LogP contribution < -0.4 is 10.6 Å². The molecule has 0 aliphatic carbocycles. The highest BCUT2D eigenvalue weighted by Crippen LogP contribution is 2.18. The summed E-state index contributed by atoms with van der Waals surface area (Å²) in [4.78, 5) is 15.5. The van der Waals surface area contributed by atoms with Gasteiger partial charge < -0.3 is 20.6 Å². The first-order valence-electron chi connectivity index (χ1n) is 9.43. The minimum absolute atomic E-state index is 0.569. The van der Waals surface area contributed by atoms with Crippen molar-refractivity contribution in [2.75, 3.05) is 39.3 Å². The van der Waals surface area contributed by atoms with Crippen LogP contribution >= 0.6 is 0 Å². The summed E-state index contributed by atoms with van der Waals surface area (Å²) in [5, 5.41) is 14.4. The normalized spacial score (nSPS) is 18.2.